The Labute approximate surface area is 204 Å². The normalized spacial score (nSPS) is 19.5. The molecule has 1 saturated heterocycles. The van der Waals surface area contributed by atoms with Gasteiger partial charge in [-0.1, -0.05) is 25.1 Å². The number of piperidine rings is 1. The van der Waals surface area contributed by atoms with E-state index in [-0.39, 0.29) is 11.7 Å². The van der Waals surface area contributed by atoms with Crippen LogP contribution >= 0.6 is 0 Å². The number of halogens is 1. The van der Waals surface area contributed by atoms with Gasteiger partial charge in [-0.05, 0) is 84.8 Å². The maximum atomic E-state index is 13.8. The van der Waals surface area contributed by atoms with Gasteiger partial charge in [0, 0.05) is 42.9 Å². The number of hydrogen-bond donors (Lipinski definition) is 2. The molecule has 1 atom stereocenters. The lowest BCUT2D eigenvalue weighted by atomic mass is 9.89. The maximum Gasteiger partial charge on any atom is 0.274 e. The first kappa shape index (κ1) is 23.5. The molecule has 6 nitrogen and oxygen atoms in total. The van der Waals surface area contributed by atoms with E-state index in [1.807, 2.05) is 24.5 Å². The summed E-state index contributed by atoms with van der Waals surface area (Å²) in [5.41, 5.74) is 6.44. The van der Waals surface area contributed by atoms with Gasteiger partial charge in [0.2, 0.25) is 0 Å². The minimum absolute atomic E-state index is 0.00214. The number of carbonyl (C=O) groups excluding carboxylic acids is 1. The average molecular weight is 475 g/mol. The van der Waals surface area contributed by atoms with Crippen molar-refractivity contribution in [2.45, 2.75) is 38.6 Å². The SMILES string of the molecule is CC1C=C(CN2CCC(c3cnc4c(ccn4Cc4ccc(C(=O)NO)cc4)c3)CC2)C=C(F)C1. The molecule has 3 heterocycles. The second kappa shape index (κ2) is 10.1. The Morgan fingerprint density at radius 1 is 1.17 bits per heavy atom. The number of carbonyl (C=O) groups is 1. The highest BCUT2D eigenvalue weighted by atomic mass is 19.1. The number of hydroxylamine groups is 1. The van der Waals surface area contributed by atoms with Gasteiger partial charge in [-0.25, -0.2) is 14.9 Å². The van der Waals surface area contributed by atoms with Crippen LogP contribution in [0.2, 0.25) is 0 Å². The van der Waals surface area contributed by atoms with Gasteiger partial charge in [0.25, 0.3) is 5.91 Å². The van der Waals surface area contributed by atoms with Crippen molar-refractivity contribution in [1.29, 1.82) is 0 Å². The van der Waals surface area contributed by atoms with Crippen LogP contribution in [0.1, 0.15) is 53.6 Å². The fourth-order valence-electron chi connectivity index (χ4n) is 5.29. The van der Waals surface area contributed by atoms with E-state index in [4.69, 9.17) is 10.2 Å². The summed E-state index contributed by atoms with van der Waals surface area (Å²) >= 11 is 0. The zero-order chi connectivity index (χ0) is 24.4. The van der Waals surface area contributed by atoms with Crippen LogP contribution in [0.25, 0.3) is 11.0 Å². The number of nitrogens with one attached hydrogen (secondary N) is 1. The van der Waals surface area contributed by atoms with Gasteiger partial charge in [-0.2, -0.15) is 0 Å². The third-order valence-electron chi connectivity index (χ3n) is 7.12. The average Bonchev–Trinajstić information content (AvgIpc) is 3.26. The summed E-state index contributed by atoms with van der Waals surface area (Å²) in [7, 11) is 0. The van der Waals surface area contributed by atoms with Crippen LogP contribution in [-0.2, 0) is 6.54 Å². The summed E-state index contributed by atoms with van der Waals surface area (Å²) in [6.45, 7) is 5.57. The number of hydrogen-bond acceptors (Lipinski definition) is 4. The lowest BCUT2D eigenvalue weighted by Crippen LogP contribution is -2.34. The van der Waals surface area contributed by atoms with Crippen LogP contribution in [0.15, 0.2) is 72.3 Å². The largest absolute Gasteiger partial charge is 0.328 e. The van der Waals surface area contributed by atoms with Crippen molar-refractivity contribution in [3.63, 3.8) is 0 Å². The second-order valence-corrected chi connectivity index (χ2v) is 9.83. The molecular weight excluding hydrogens is 443 g/mol. The molecule has 1 aromatic carbocycles. The summed E-state index contributed by atoms with van der Waals surface area (Å²) in [6, 6.07) is 11.5. The number of likely N-dealkylation sites (tertiary alicyclic amines) is 1. The van der Waals surface area contributed by atoms with E-state index in [1.54, 1.807) is 23.7 Å². The molecule has 0 spiro atoms. The molecule has 1 amide bonds. The maximum absolute atomic E-state index is 13.8. The molecule has 1 aliphatic carbocycles. The van der Waals surface area contributed by atoms with Crippen LogP contribution in [0.3, 0.4) is 0 Å². The number of amides is 1. The fraction of sp³-hybridized carbons (Fsp3) is 0.357. The summed E-state index contributed by atoms with van der Waals surface area (Å²) in [4.78, 5) is 18.7. The van der Waals surface area contributed by atoms with Crippen molar-refractivity contribution in [3.05, 3.63) is 89.0 Å². The first-order valence-corrected chi connectivity index (χ1v) is 12.3. The van der Waals surface area contributed by atoms with E-state index >= 15 is 0 Å². The molecule has 2 aliphatic rings. The minimum Gasteiger partial charge on any atom is -0.328 e. The Kier molecular flexibility index (Phi) is 6.79. The van der Waals surface area contributed by atoms with Gasteiger partial charge >= 0.3 is 0 Å². The van der Waals surface area contributed by atoms with Gasteiger partial charge < -0.3 is 4.57 Å². The van der Waals surface area contributed by atoms with Crippen molar-refractivity contribution in [3.8, 4) is 0 Å². The zero-order valence-corrected chi connectivity index (χ0v) is 20.0. The number of aromatic nitrogens is 2. The molecule has 5 rings (SSSR count). The smallest absolute Gasteiger partial charge is 0.274 e. The predicted molar refractivity (Wildman–Crippen MR) is 134 cm³/mol. The Balaban J connectivity index is 1.21. The third kappa shape index (κ3) is 5.36. The quantitative estimate of drug-likeness (QED) is 0.380. The second-order valence-electron chi connectivity index (χ2n) is 9.83. The molecule has 3 aromatic rings. The zero-order valence-electron chi connectivity index (χ0n) is 20.0. The van der Waals surface area contributed by atoms with E-state index in [9.17, 15) is 9.18 Å². The van der Waals surface area contributed by atoms with Crippen molar-refractivity contribution in [1.82, 2.24) is 19.9 Å². The summed E-state index contributed by atoms with van der Waals surface area (Å²) in [5.74, 6) is 0.254. The Morgan fingerprint density at radius 2 is 1.94 bits per heavy atom. The lowest BCUT2D eigenvalue weighted by molar-refractivity contribution is 0.0706. The highest BCUT2D eigenvalue weighted by Gasteiger charge is 2.23. The standard InChI is InChI=1S/C28H31FN4O2/c1-19-12-21(14-26(29)13-19)17-32-9-6-22(7-10-32)25-15-24-8-11-33(27(24)30-16-25)18-20-2-4-23(5-3-20)28(34)31-35/h2-5,8,11-12,14-16,19,22,35H,6-7,9-10,13,17-18H2,1H3,(H,31,34). The minimum atomic E-state index is -0.519. The van der Waals surface area contributed by atoms with Gasteiger partial charge in [-0.15, -0.1) is 0 Å². The van der Waals surface area contributed by atoms with E-state index in [0.717, 1.165) is 54.6 Å². The Bertz CT molecular complexity index is 1270. The van der Waals surface area contributed by atoms with Crippen molar-refractivity contribution in [2.24, 2.45) is 5.92 Å². The molecule has 2 N–H and O–H groups in total. The van der Waals surface area contributed by atoms with Crippen LogP contribution in [0.4, 0.5) is 4.39 Å². The molecule has 1 aliphatic heterocycles. The van der Waals surface area contributed by atoms with Gasteiger partial charge in [0.1, 0.15) is 11.5 Å². The van der Waals surface area contributed by atoms with Crippen molar-refractivity contribution >= 4 is 16.9 Å². The number of pyridine rings is 1. The molecule has 1 fully saturated rings. The third-order valence-corrected chi connectivity index (χ3v) is 7.12. The highest BCUT2D eigenvalue weighted by molar-refractivity contribution is 5.93. The summed E-state index contributed by atoms with van der Waals surface area (Å²) in [6.07, 6.45) is 10.7. The van der Waals surface area contributed by atoms with Gasteiger partial charge in [-0.3, -0.25) is 14.9 Å². The summed E-state index contributed by atoms with van der Waals surface area (Å²) < 4.78 is 15.9. The van der Waals surface area contributed by atoms with Crippen LogP contribution in [-0.4, -0.2) is 45.2 Å². The highest BCUT2D eigenvalue weighted by Crippen LogP contribution is 2.31. The Morgan fingerprint density at radius 3 is 2.66 bits per heavy atom. The summed E-state index contributed by atoms with van der Waals surface area (Å²) in [5, 5.41) is 9.89. The Hall–Kier alpha value is -3.29. The van der Waals surface area contributed by atoms with Crippen molar-refractivity contribution < 1.29 is 14.4 Å². The van der Waals surface area contributed by atoms with E-state index < -0.39 is 5.91 Å². The number of rotatable bonds is 6. The number of allylic oxidation sites excluding steroid dienone is 2. The molecule has 0 radical (unpaired) electrons. The first-order valence-electron chi connectivity index (χ1n) is 12.3. The molecule has 0 saturated carbocycles. The topological polar surface area (TPSA) is 70.4 Å². The van der Waals surface area contributed by atoms with Crippen LogP contribution < -0.4 is 5.48 Å². The van der Waals surface area contributed by atoms with Gasteiger partial charge in [0.05, 0.1) is 0 Å². The molecule has 1 unspecified atom stereocenters. The van der Waals surface area contributed by atoms with Gasteiger partial charge in [0.15, 0.2) is 0 Å². The first-order chi connectivity index (χ1) is 17.0. The molecular formula is C28H31FN4O2. The van der Waals surface area contributed by atoms with E-state index in [1.165, 1.54) is 5.56 Å². The van der Waals surface area contributed by atoms with Crippen LogP contribution in [0.5, 0.6) is 0 Å². The monoisotopic (exact) mass is 474 g/mol. The van der Waals surface area contributed by atoms with Crippen molar-refractivity contribution in [2.75, 3.05) is 19.6 Å². The molecule has 7 heteroatoms. The lowest BCUT2D eigenvalue weighted by Gasteiger charge is -2.33. The molecule has 35 heavy (non-hydrogen) atoms. The number of benzene rings is 1. The van der Waals surface area contributed by atoms with E-state index in [0.29, 0.717) is 24.4 Å². The fourth-order valence-corrected chi connectivity index (χ4v) is 5.29. The predicted octanol–water partition coefficient (Wildman–Crippen LogP) is 5.20. The molecule has 182 valence electrons. The van der Waals surface area contributed by atoms with E-state index in [2.05, 4.69) is 34.6 Å². The molecule has 2 aromatic heterocycles. The number of fused-ring (bicyclic) bond motifs is 1. The van der Waals surface area contributed by atoms with Crippen LogP contribution in [0, 0.1) is 5.92 Å². The number of nitrogens with zero attached hydrogens (tertiary/aromatic N) is 3. The molecule has 0 bridgehead atoms.